The van der Waals surface area contributed by atoms with Gasteiger partial charge in [-0.2, -0.15) is 0 Å². The molecule has 3 aromatic rings. The average Bonchev–Trinajstić information content (AvgIpc) is 3.00. The van der Waals surface area contributed by atoms with Gasteiger partial charge in [-0.05, 0) is 44.4 Å². The Balaban J connectivity index is 1.84. The standard InChI is InChI=1S/C16H17FN2OS/c1-16(2,3)18-8-12-9-20-15(19-12)14-6-10-4-5-11(17)7-13(10)21-14/h4-7,9,18H,8H2,1-3H3. The highest BCUT2D eigenvalue weighted by atomic mass is 32.1. The highest BCUT2D eigenvalue weighted by Crippen LogP contribution is 2.33. The van der Waals surface area contributed by atoms with Crippen molar-refractivity contribution >= 4 is 21.4 Å². The Morgan fingerprint density at radius 1 is 1.29 bits per heavy atom. The van der Waals surface area contributed by atoms with E-state index in [2.05, 4.69) is 31.1 Å². The zero-order valence-corrected chi connectivity index (χ0v) is 13.1. The fourth-order valence-corrected chi connectivity index (χ4v) is 2.99. The normalized spacial score (nSPS) is 12.2. The monoisotopic (exact) mass is 304 g/mol. The van der Waals surface area contributed by atoms with Gasteiger partial charge in [0, 0.05) is 16.8 Å². The van der Waals surface area contributed by atoms with Gasteiger partial charge in [-0.1, -0.05) is 6.07 Å². The predicted molar refractivity (Wildman–Crippen MR) is 83.9 cm³/mol. The Bertz CT molecular complexity index is 770. The van der Waals surface area contributed by atoms with Gasteiger partial charge in [-0.25, -0.2) is 9.37 Å². The van der Waals surface area contributed by atoms with Gasteiger partial charge >= 0.3 is 0 Å². The first-order chi connectivity index (χ1) is 9.90. The third-order valence-corrected chi connectivity index (χ3v) is 4.13. The second-order valence-corrected chi connectivity index (χ2v) is 7.12. The largest absolute Gasteiger partial charge is 0.444 e. The molecule has 0 atom stereocenters. The Morgan fingerprint density at radius 2 is 2.10 bits per heavy atom. The summed E-state index contributed by atoms with van der Waals surface area (Å²) >= 11 is 1.48. The first-order valence-corrected chi connectivity index (χ1v) is 7.61. The highest BCUT2D eigenvalue weighted by molar-refractivity contribution is 7.22. The van der Waals surface area contributed by atoms with E-state index in [-0.39, 0.29) is 11.4 Å². The van der Waals surface area contributed by atoms with Crippen molar-refractivity contribution in [2.75, 3.05) is 0 Å². The van der Waals surface area contributed by atoms with E-state index in [0.717, 1.165) is 20.7 Å². The summed E-state index contributed by atoms with van der Waals surface area (Å²) in [5.41, 5.74) is 0.900. The van der Waals surface area contributed by atoms with Crippen LogP contribution in [0.15, 0.2) is 34.9 Å². The molecule has 21 heavy (non-hydrogen) atoms. The van der Waals surface area contributed by atoms with Gasteiger partial charge in [0.25, 0.3) is 0 Å². The molecule has 3 nitrogen and oxygen atoms in total. The van der Waals surface area contributed by atoms with Crippen LogP contribution in [0, 0.1) is 5.82 Å². The molecule has 2 aromatic heterocycles. The van der Waals surface area contributed by atoms with Crippen LogP contribution in [0.2, 0.25) is 0 Å². The van der Waals surface area contributed by atoms with Gasteiger partial charge in [0.1, 0.15) is 12.1 Å². The number of nitrogens with one attached hydrogen (secondary N) is 1. The van der Waals surface area contributed by atoms with Crippen LogP contribution in [0.3, 0.4) is 0 Å². The summed E-state index contributed by atoms with van der Waals surface area (Å²) in [5.74, 6) is 0.362. The summed E-state index contributed by atoms with van der Waals surface area (Å²) < 4.78 is 19.7. The summed E-state index contributed by atoms with van der Waals surface area (Å²) in [6, 6.07) is 6.75. The number of nitrogens with zero attached hydrogens (tertiary/aromatic N) is 1. The van der Waals surface area contributed by atoms with E-state index in [1.54, 1.807) is 12.3 Å². The Labute approximate surface area is 126 Å². The topological polar surface area (TPSA) is 38.1 Å². The zero-order valence-electron chi connectivity index (χ0n) is 12.2. The molecule has 5 heteroatoms. The Hall–Kier alpha value is -1.72. The van der Waals surface area contributed by atoms with Crippen molar-refractivity contribution in [2.24, 2.45) is 0 Å². The maximum absolute atomic E-state index is 13.2. The van der Waals surface area contributed by atoms with E-state index in [4.69, 9.17) is 4.42 Å². The molecular formula is C16H17FN2OS. The molecule has 110 valence electrons. The lowest BCUT2D eigenvalue weighted by atomic mass is 10.1. The molecule has 1 aromatic carbocycles. The fraction of sp³-hybridized carbons (Fsp3) is 0.312. The summed E-state index contributed by atoms with van der Waals surface area (Å²) in [4.78, 5) is 5.40. The molecule has 0 saturated carbocycles. The molecule has 3 rings (SSSR count). The van der Waals surface area contributed by atoms with E-state index in [9.17, 15) is 4.39 Å². The molecule has 0 amide bonds. The summed E-state index contributed by atoms with van der Waals surface area (Å²) in [6.07, 6.45) is 1.67. The number of hydrogen-bond acceptors (Lipinski definition) is 4. The SMILES string of the molecule is CC(C)(C)NCc1coc(-c2cc3ccc(F)cc3s2)n1. The van der Waals surface area contributed by atoms with E-state index < -0.39 is 0 Å². The molecule has 0 aliphatic rings. The van der Waals surface area contributed by atoms with Crippen LogP contribution in [0.25, 0.3) is 20.9 Å². The molecule has 0 bridgehead atoms. The predicted octanol–water partition coefficient (Wildman–Crippen LogP) is 4.58. The smallest absolute Gasteiger partial charge is 0.236 e. The van der Waals surface area contributed by atoms with E-state index in [1.165, 1.54) is 23.5 Å². The molecule has 0 unspecified atom stereocenters. The number of halogens is 1. The molecule has 2 heterocycles. The van der Waals surface area contributed by atoms with Gasteiger partial charge in [-0.3, -0.25) is 0 Å². The number of thiophene rings is 1. The van der Waals surface area contributed by atoms with E-state index in [0.29, 0.717) is 12.4 Å². The molecule has 0 saturated heterocycles. The first-order valence-electron chi connectivity index (χ1n) is 6.80. The lowest BCUT2D eigenvalue weighted by molar-refractivity contribution is 0.421. The molecule has 0 aliphatic carbocycles. The second-order valence-electron chi connectivity index (χ2n) is 6.04. The maximum atomic E-state index is 13.2. The summed E-state index contributed by atoms with van der Waals surface area (Å²) in [5, 5.41) is 4.37. The van der Waals surface area contributed by atoms with E-state index >= 15 is 0 Å². The van der Waals surface area contributed by atoms with Gasteiger partial charge < -0.3 is 9.73 Å². The molecule has 0 spiro atoms. The number of rotatable bonds is 3. The fourth-order valence-electron chi connectivity index (χ4n) is 1.97. The van der Waals surface area contributed by atoms with Crippen molar-refractivity contribution in [3.8, 4) is 10.8 Å². The summed E-state index contributed by atoms with van der Waals surface area (Å²) in [6.45, 7) is 6.98. The zero-order chi connectivity index (χ0) is 15.0. The number of fused-ring (bicyclic) bond motifs is 1. The number of hydrogen-bond donors (Lipinski definition) is 1. The number of aromatic nitrogens is 1. The summed E-state index contributed by atoms with van der Waals surface area (Å²) in [7, 11) is 0. The highest BCUT2D eigenvalue weighted by Gasteiger charge is 2.13. The third-order valence-electron chi connectivity index (χ3n) is 3.04. The van der Waals surface area contributed by atoms with Crippen LogP contribution in [-0.4, -0.2) is 10.5 Å². The van der Waals surface area contributed by atoms with Crippen molar-refractivity contribution < 1.29 is 8.81 Å². The van der Waals surface area contributed by atoms with Crippen LogP contribution in [0.1, 0.15) is 26.5 Å². The second kappa shape index (κ2) is 5.24. The molecule has 0 fully saturated rings. The minimum atomic E-state index is -0.224. The van der Waals surface area contributed by atoms with Crippen LogP contribution in [-0.2, 0) is 6.54 Å². The third kappa shape index (κ3) is 3.31. The van der Waals surface area contributed by atoms with Crippen molar-refractivity contribution in [1.29, 1.82) is 0 Å². The molecule has 0 radical (unpaired) electrons. The first kappa shape index (κ1) is 14.2. The van der Waals surface area contributed by atoms with E-state index in [1.807, 2.05) is 6.07 Å². The lowest BCUT2D eigenvalue weighted by Crippen LogP contribution is -2.35. The Morgan fingerprint density at radius 3 is 2.86 bits per heavy atom. The van der Waals surface area contributed by atoms with Crippen LogP contribution in [0.4, 0.5) is 4.39 Å². The Kier molecular flexibility index (Phi) is 3.55. The lowest BCUT2D eigenvalue weighted by Gasteiger charge is -2.19. The van der Waals surface area contributed by atoms with Gasteiger partial charge in [0.05, 0.1) is 10.6 Å². The maximum Gasteiger partial charge on any atom is 0.236 e. The minimum Gasteiger partial charge on any atom is -0.444 e. The van der Waals surface area contributed by atoms with Crippen molar-refractivity contribution in [3.63, 3.8) is 0 Å². The van der Waals surface area contributed by atoms with Crippen LogP contribution < -0.4 is 5.32 Å². The van der Waals surface area contributed by atoms with Crippen LogP contribution >= 0.6 is 11.3 Å². The molecule has 1 N–H and O–H groups in total. The quantitative estimate of drug-likeness (QED) is 0.769. The average molecular weight is 304 g/mol. The number of benzene rings is 1. The van der Waals surface area contributed by atoms with Gasteiger partial charge in [0.15, 0.2) is 0 Å². The molecule has 0 aliphatic heterocycles. The van der Waals surface area contributed by atoms with Crippen molar-refractivity contribution in [1.82, 2.24) is 10.3 Å². The van der Waals surface area contributed by atoms with Gasteiger partial charge in [-0.15, -0.1) is 11.3 Å². The van der Waals surface area contributed by atoms with Crippen molar-refractivity contribution in [2.45, 2.75) is 32.9 Å². The minimum absolute atomic E-state index is 0.0360. The molecular weight excluding hydrogens is 287 g/mol. The van der Waals surface area contributed by atoms with Crippen LogP contribution in [0.5, 0.6) is 0 Å². The van der Waals surface area contributed by atoms with Gasteiger partial charge in [0.2, 0.25) is 5.89 Å². The van der Waals surface area contributed by atoms with Crippen molar-refractivity contribution in [3.05, 3.63) is 42.0 Å². The number of oxazole rings is 1.